The highest BCUT2D eigenvalue weighted by molar-refractivity contribution is 6.25. The van der Waals surface area contributed by atoms with E-state index in [1.165, 1.54) is 19.3 Å². The van der Waals surface area contributed by atoms with Gasteiger partial charge in [-0.25, -0.2) is 0 Å². The summed E-state index contributed by atoms with van der Waals surface area (Å²) in [6.45, 7) is 4.91. The molecule has 2 rings (SSSR count). The Morgan fingerprint density at radius 3 is 2.39 bits per heavy atom. The zero-order valence-electron chi connectivity index (χ0n) is 11.0. The lowest BCUT2D eigenvalue weighted by molar-refractivity contribution is -0.137. The summed E-state index contributed by atoms with van der Waals surface area (Å²) in [5, 5.41) is 0. The van der Waals surface area contributed by atoms with Gasteiger partial charge in [0.05, 0.1) is 0 Å². The fourth-order valence-electron chi connectivity index (χ4n) is 2.92. The van der Waals surface area contributed by atoms with E-state index in [1.807, 2.05) is 6.08 Å². The van der Waals surface area contributed by atoms with Crippen LogP contribution in [0.2, 0.25) is 0 Å². The van der Waals surface area contributed by atoms with Crippen molar-refractivity contribution in [1.29, 1.82) is 0 Å². The van der Waals surface area contributed by atoms with Gasteiger partial charge in [-0.05, 0) is 45.2 Å². The Labute approximate surface area is 115 Å². The van der Waals surface area contributed by atoms with Crippen molar-refractivity contribution in [3.8, 4) is 0 Å². The van der Waals surface area contributed by atoms with E-state index in [-0.39, 0.29) is 5.92 Å². The molecule has 0 bridgehead atoms. The van der Waals surface area contributed by atoms with Gasteiger partial charge >= 0.3 is 0 Å². The lowest BCUT2D eigenvalue weighted by atomic mass is 9.94. The van der Waals surface area contributed by atoms with Crippen molar-refractivity contribution in [2.45, 2.75) is 32.1 Å². The number of nitrogens with zero attached hydrogens (tertiary/aromatic N) is 2. The third-order valence-electron chi connectivity index (χ3n) is 4.06. The Bertz CT molecular complexity index is 292. The van der Waals surface area contributed by atoms with Gasteiger partial charge in [-0.3, -0.25) is 9.69 Å². The molecular weight excluding hydrogens is 248 g/mol. The summed E-state index contributed by atoms with van der Waals surface area (Å²) in [7, 11) is 0. The second-order valence-corrected chi connectivity index (χ2v) is 5.57. The SMILES string of the molecule is O=C(C1CCN(CC=CCl)CC1)N1CCCCC1. The second kappa shape index (κ2) is 7.15. The van der Waals surface area contributed by atoms with Crippen LogP contribution < -0.4 is 0 Å². The number of piperidine rings is 2. The maximum Gasteiger partial charge on any atom is 0.225 e. The monoisotopic (exact) mass is 270 g/mol. The molecule has 0 saturated carbocycles. The number of carbonyl (C=O) groups excluding carboxylic acids is 1. The van der Waals surface area contributed by atoms with Crippen LogP contribution in [0.4, 0.5) is 0 Å². The Morgan fingerprint density at radius 1 is 1.11 bits per heavy atom. The number of rotatable bonds is 3. The van der Waals surface area contributed by atoms with Crippen LogP contribution in [0.25, 0.3) is 0 Å². The van der Waals surface area contributed by atoms with Crippen molar-refractivity contribution in [1.82, 2.24) is 9.80 Å². The third kappa shape index (κ3) is 3.72. The molecule has 0 aromatic rings. The minimum atomic E-state index is 0.263. The average molecular weight is 271 g/mol. The molecule has 4 heteroatoms. The first-order chi connectivity index (χ1) is 8.81. The van der Waals surface area contributed by atoms with E-state index in [9.17, 15) is 4.79 Å². The Hall–Kier alpha value is -0.540. The quantitative estimate of drug-likeness (QED) is 0.787. The third-order valence-corrected chi connectivity index (χ3v) is 4.24. The molecule has 2 heterocycles. The summed E-state index contributed by atoms with van der Waals surface area (Å²) < 4.78 is 0. The zero-order valence-corrected chi connectivity index (χ0v) is 11.7. The number of hydrogen-bond acceptors (Lipinski definition) is 2. The van der Waals surface area contributed by atoms with E-state index in [2.05, 4.69) is 9.80 Å². The van der Waals surface area contributed by atoms with E-state index in [0.717, 1.165) is 45.6 Å². The molecule has 0 N–H and O–H groups in total. The van der Waals surface area contributed by atoms with Gasteiger partial charge in [0.25, 0.3) is 0 Å². The minimum Gasteiger partial charge on any atom is -0.342 e. The van der Waals surface area contributed by atoms with Crippen LogP contribution in [0.1, 0.15) is 32.1 Å². The second-order valence-electron chi connectivity index (χ2n) is 5.32. The van der Waals surface area contributed by atoms with Crippen LogP contribution in [0, 0.1) is 5.92 Å². The summed E-state index contributed by atoms with van der Waals surface area (Å²) in [6.07, 6.45) is 7.63. The molecule has 2 fully saturated rings. The van der Waals surface area contributed by atoms with Gasteiger partial charge in [0.15, 0.2) is 0 Å². The van der Waals surface area contributed by atoms with Crippen molar-refractivity contribution in [3.63, 3.8) is 0 Å². The lowest BCUT2D eigenvalue weighted by Gasteiger charge is -2.35. The summed E-state index contributed by atoms with van der Waals surface area (Å²) in [5.74, 6) is 0.668. The van der Waals surface area contributed by atoms with Gasteiger partial charge in [-0.1, -0.05) is 17.7 Å². The first-order valence-corrected chi connectivity index (χ1v) is 7.51. The Kier molecular flexibility index (Phi) is 5.51. The zero-order chi connectivity index (χ0) is 12.8. The maximum atomic E-state index is 12.3. The van der Waals surface area contributed by atoms with Crippen LogP contribution in [0.3, 0.4) is 0 Å². The highest BCUT2D eigenvalue weighted by Crippen LogP contribution is 2.21. The number of halogens is 1. The number of amides is 1. The average Bonchev–Trinajstić information content (AvgIpc) is 2.46. The number of hydrogen-bond donors (Lipinski definition) is 0. The molecule has 2 aliphatic rings. The van der Waals surface area contributed by atoms with E-state index < -0.39 is 0 Å². The van der Waals surface area contributed by atoms with Crippen molar-refractivity contribution in [2.24, 2.45) is 5.92 Å². The fraction of sp³-hybridized carbons (Fsp3) is 0.786. The molecule has 0 aromatic carbocycles. The first kappa shape index (κ1) is 13.9. The summed E-state index contributed by atoms with van der Waals surface area (Å²) in [5.41, 5.74) is 1.57. The highest BCUT2D eigenvalue weighted by Gasteiger charge is 2.28. The molecule has 0 aliphatic carbocycles. The largest absolute Gasteiger partial charge is 0.342 e. The summed E-state index contributed by atoms with van der Waals surface area (Å²) in [6, 6.07) is 0. The molecule has 2 saturated heterocycles. The standard InChI is InChI=1S/C14H23ClN2O/c15-7-4-8-16-11-5-13(6-12-16)14(18)17-9-2-1-3-10-17/h4,7,13H,1-3,5-6,8-12H2. The summed E-state index contributed by atoms with van der Waals surface area (Å²) in [4.78, 5) is 16.8. The van der Waals surface area contributed by atoms with Gasteiger partial charge in [0.1, 0.15) is 0 Å². The highest BCUT2D eigenvalue weighted by atomic mass is 35.5. The number of carbonyl (C=O) groups is 1. The number of likely N-dealkylation sites (tertiary alicyclic amines) is 2. The van der Waals surface area contributed by atoms with Gasteiger partial charge < -0.3 is 4.90 Å². The molecule has 18 heavy (non-hydrogen) atoms. The normalized spacial score (nSPS) is 23.7. The first-order valence-electron chi connectivity index (χ1n) is 7.07. The molecule has 0 spiro atoms. The molecule has 0 unspecified atom stereocenters. The molecule has 1 amide bonds. The van der Waals surface area contributed by atoms with E-state index >= 15 is 0 Å². The molecular formula is C14H23ClN2O. The Balaban J connectivity index is 1.76. The Morgan fingerprint density at radius 2 is 1.78 bits per heavy atom. The van der Waals surface area contributed by atoms with Crippen molar-refractivity contribution < 1.29 is 4.79 Å². The van der Waals surface area contributed by atoms with Gasteiger partial charge in [-0.2, -0.15) is 0 Å². The molecule has 0 aromatic heterocycles. The molecule has 0 atom stereocenters. The maximum absolute atomic E-state index is 12.3. The van der Waals surface area contributed by atoms with Crippen LogP contribution in [-0.4, -0.2) is 48.4 Å². The molecule has 0 radical (unpaired) electrons. The van der Waals surface area contributed by atoms with E-state index in [0.29, 0.717) is 5.91 Å². The topological polar surface area (TPSA) is 23.6 Å². The van der Waals surface area contributed by atoms with Crippen LogP contribution >= 0.6 is 11.6 Å². The van der Waals surface area contributed by atoms with Crippen LogP contribution in [-0.2, 0) is 4.79 Å². The van der Waals surface area contributed by atoms with Crippen LogP contribution in [0.5, 0.6) is 0 Å². The summed E-state index contributed by atoms with van der Waals surface area (Å²) >= 11 is 5.53. The predicted molar refractivity (Wildman–Crippen MR) is 74.6 cm³/mol. The molecule has 2 aliphatic heterocycles. The molecule has 3 nitrogen and oxygen atoms in total. The lowest BCUT2D eigenvalue weighted by Crippen LogP contribution is -2.44. The smallest absolute Gasteiger partial charge is 0.225 e. The van der Waals surface area contributed by atoms with Crippen molar-refractivity contribution >= 4 is 17.5 Å². The van der Waals surface area contributed by atoms with Gasteiger partial charge in [-0.15, -0.1) is 0 Å². The molecule has 102 valence electrons. The van der Waals surface area contributed by atoms with E-state index in [4.69, 9.17) is 11.6 Å². The van der Waals surface area contributed by atoms with Crippen molar-refractivity contribution in [2.75, 3.05) is 32.7 Å². The van der Waals surface area contributed by atoms with Crippen molar-refractivity contribution in [3.05, 3.63) is 11.6 Å². The van der Waals surface area contributed by atoms with E-state index in [1.54, 1.807) is 5.54 Å². The van der Waals surface area contributed by atoms with Gasteiger partial charge in [0, 0.05) is 31.1 Å². The minimum absolute atomic E-state index is 0.263. The van der Waals surface area contributed by atoms with Gasteiger partial charge in [0.2, 0.25) is 5.91 Å². The van der Waals surface area contributed by atoms with Crippen LogP contribution in [0.15, 0.2) is 11.6 Å². The predicted octanol–water partition coefficient (Wildman–Crippen LogP) is 2.46. The fourth-order valence-corrected chi connectivity index (χ4v) is 3.00.